The Bertz CT molecular complexity index is 1100. The van der Waals surface area contributed by atoms with E-state index in [-0.39, 0.29) is 0 Å². The molecule has 0 radical (unpaired) electrons. The van der Waals surface area contributed by atoms with Crippen LogP contribution < -0.4 is 0 Å². The van der Waals surface area contributed by atoms with Crippen LogP contribution in [-0.2, 0) is 12.8 Å². The number of halogens is 2. The number of rotatable bonds is 13. The van der Waals surface area contributed by atoms with Crippen LogP contribution in [0.4, 0.5) is 0 Å². The van der Waals surface area contributed by atoms with Crippen molar-refractivity contribution in [3.8, 4) is 11.1 Å². The van der Waals surface area contributed by atoms with E-state index in [1.54, 1.807) is 22.7 Å². The molecule has 2 unspecified atom stereocenters. The highest BCUT2D eigenvalue weighted by Gasteiger charge is 2.08. The van der Waals surface area contributed by atoms with E-state index >= 15 is 0 Å². The van der Waals surface area contributed by atoms with Gasteiger partial charge in [-0.25, -0.2) is 0 Å². The van der Waals surface area contributed by atoms with Crippen LogP contribution in [0.15, 0.2) is 91.1 Å². The van der Waals surface area contributed by atoms with E-state index in [9.17, 15) is 0 Å². The third-order valence-corrected chi connectivity index (χ3v) is 10.0. The molecule has 4 rings (SSSR count). The summed E-state index contributed by atoms with van der Waals surface area (Å²) in [7, 11) is 0. The summed E-state index contributed by atoms with van der Waals surface area (Å²) in [6.45, 7) is 9.17. The van der Waals surface area contributed by atoms with Crippen molar-refractivity contribution in [1.82, 2.24) is 0 Å². The third kappa shape index (κ3) is 14.6. The van der Waals surface area contributed by atoms with Gasteiger partial charge in [0.05, 0.1) is 0 Å². The average molecular weight is 705 g/mol. The lowest BCUT2D eigenvalue weighted by atomic mass is 9.91. The highest BCUT2D eigenvalue weighted by atomic mass is 79.9. The predicted octanol–water partition coefficient (Wildman–Crippen LogP) is 13.9. The van der Waals surface area contributed by atoms with Crippen molar-refractivity contribution in [3.05, 3.63) is 102 Å². The van der Waals surface area contributed by atoms with E-state index in [4.69, 9.17) is 0 Å². The Morgan fingerprint density at radius 2 is 1.05 bits per heavy atom. The molecular formula is C36H48Br2S2. The molecule has 2 heterocycles. The van der Waals surface area contributed by atoms with E-state index in [0.717, 1.165) is 11.8 Å². The Kier molecular flexibility index (Phi) is 18.8. The molecule has 40 heavy (non-hydrogen) atoms. The van der Waals surface area contributed by atoms with E-state index in [0.29, 0.717) is 0 Å². The van der Waals surface area contributed by atoms with Crippen LogP contribution in [0.5, 0.6) is 0 Å². The molecule has 0 aliphatic carbocycles. The van der Waals surface area contributed by atoms with Gasteiger partial charge in [0.2, 0.25) is 0 Å². The van der Waals surface area contributed by atoms with Gasteiger partial charge in [-0.1, -0.05) is 131 Å². The smallest absolute Gasteiger partial charge is 0.0282 e. The van der Waals surface area contributed by atoms with E-state index in [2.05, 4.69) is 125 Å². The first kappa shape index (κ1) is 35.0. The molecule has 0 aliphatic heterocycles. The standard InChI is InChI=1S/C18H24S.C14H21Br.C4H3BrS/c1-3-5-6-15(4-2)13-16-7-9-17(10-8-16)18-11-12-19-14-18;1-3-5-6-12(4-2)11-13-7-9-14(15)10-8-13;5-4-1-2-6-3-4/h7-12,14-15H,3-6,13H2,1-2H3;7-10,12H,3-6,11H2,1-2H3;1-3H. The Morgan fingerprint density at radius 1 is 0.550 bits per heavy atom. The second-order valence-corrected chi connectivity index (χ2v) is 13.9. The van der Waals surface area contributed by atoms with Crippen molar-refractivity contribution >= 4 is 54.5 Å². The molecule has 0 saturated heterocycles. The molecular weight excluding hydrogens is 656 g/mol. The maximum Gasteiger partial charge on any atom is 0.0282 e. The largest absolute Gasteiger partial charge is 0.152 e. The SMILES string of the molecule is Brc1ccsc1.CCCCC(CC)Cc1ccc(-c2ccsc2)cc1.CCCCC(CC)Cc1ccc(Br)cc1. The van der Waals surface area contributed by atoms with Gasteiger partial charge in [-0.15, -0.1) is 0 Å². The van der Waals surface area contributed by atoms with Gasteiger partial charge in [0.1, 0.15) is 0 Å². The zero-order chi connectivity index (χ0) is 29.0. The van der Waals surface area contributed by atoms with Gasteiger partial charge < -0.3 is 0 Å². The van der Waals surface area contributed by atoms with Crippen molar-refractivity contribution in [2.75, 3.05) is 0 Å². The van der Waals surface area contributed by atoms with Crippen LogP contribution in [0.3, 0.4) is 0 Å². The molecule has 0 N–H and O–H groups in total. The van der Waals surface area contributed by atoms with Crippen LogP contribution in [0.2, 0.25) is 0 Å². The van der Waals surface area contributed by atoms with Crippen molar-refractivity contribution in [2.24, 2.45) is 11.8 Å². The summed E-state index contributed by atoms with van der Waals surface area (Å²) >= 11 is 10.2. The summed E-state index contributed by atoms with van der Waals surface area (Å²) in [5, 5.41) is 8.43. The van der Waals surface area contributed by atoms with Gasteiger partial charge in [0.25, 0.3) is 0 Å². The first-order valence-electron chi connectivity index (χ1n) is 15.0. The predicted molar refractivity (Wildman–Crippen MR) is 190 cm³/mol. The summed E-state index contributed by atoms with van der Waals surface area (Å²) in [4.78, 5) is 0. The Morgan fingerprint density at radius 3 is 1.43 bits per heavy atom. The summed E-state index contributed by atoms with van der Waals surface area (Å²) in [6.07, 6.45) is 13.2. The molecule has 0 aliphatic rings. The number of hydrogen-bond acceptors (Lipinski definition) is 2. The van der Waals surface area contributed by atoms with Gasteiger partial charge in [-0.3, -0.25) is 0 Å². The second kappa shape index (κ2) is 21.5. The minimum absolute atomic E-state index is 0.854. The second-order valence-electron chi connectivity index (χ2n) is 10.5. The number of benzene rings is 2. The number of hydrogen-bond donors (Lipinski definition) is 0. The molecule has 2 aromatic heterocycles. The van der Waals surface area contributed by atoms with Crippen molar-refractivity contribution in [3.63, 3.8) is 0 Å². The quantitative estimate of drug-likeness (QED) is 0.130. The fraction of sp³-hybridized carbons (Fsp3) is 0.444. The molecule has 2 aromatic carbocycles. The topological polar surface area (TPSA) is 0 Å². The molecule has 0 bridgehead atoms. The van der Waals surface area contributed by atoms with Crippen molar-refractivity contribution in [1.29, 1.82) is 0 Å². The summed E-state index contributed by atoms with van der Waals surface area (Å²) in [5.41, 5.74) is 5.64. The minimum atomic E-state index is 0.854. The lowest BCUT2D eigenvalue weighted by Crippen LogP contribution is -2.03. The van der Waals surface area contributed by atoms with Crippen molar-refractivity contribution in [2.45, 2.75) is 91.9 Å². The molecule has 4 aromatic rings. The Balaban J connectivity index is 0.000000236. The first-order valence-corrected chi connectivity index (χ1v) is 18.5. The lowest BCUT2D eigenvalue weighted by Gasteiger charge is -2.14. The monoisotopic (exact) mass is 702 g/mol. The van der Waals surface area contributed by atoms with Crippen LogP contribution in [-0.4, -0.2) is 0 Å². The molecule has 2 atom stereocenters. The maximum atomic E-state index is 3.47. The fourth-order valence-corrected chi connectivity index (χ4v) is 6.76. The Hall–Kier alpha value is -1.20. The highest BCUT2D eigenvalue weighted by Crippen LogP contribution is 2.25. The van der Waals surface area contributed by atoms with E-state index in [1.807, 2.05) is 16.8 Å². The van der Waals surface area contributed by atoms with Gasteiger partial charge in [-0.05, 0) is 103 Å². The first-order chi connectivity index (χ1) is 19.5. The minimum Gasteiger partial charge on any atom is -0.152 e. The summed E-state index contributed by atoms with van der Waals surface area (Å²) in [5.74, 6) is 1.72. The maximum absolute atomic E-state index is 3.47. The van der Waals surface area contributed by atoms with E-state index in [1.165, 1.54) is 95.4 Å². The highest BCUT2D eigenvalue weighted by molar-refractivity contribution is 9.10. The van der Waals surface area contributed by atoms with Crippen LogP contribution >= 0.6 is 54.5 Å². The molecule has 0 nitrogen and oxygen atoms in total. The molecule has 0 fully saturated rings. The number of thiophene rings is 2. The Labute approximate surface area is 269 Å². The average Bonchev–Trinajstić information content (AvgIpc) is 3.70. The van der Waals surface area contributed by atoms with Gasteiger partial charge >= 0.3 is 0 Å². The summed E-state index contributed by atoms with van der Waals surface area (Å²) in [6, 6.07) is 22.1. The zero-order valence-corrected chi connectivity index (χ0v) is 29.7. The number of unbranched alkanes of at least 4 members (excludes halogenated alkanes) is 2. The van der Waals surface area contributed by atoms with Gasteiger partial charge in [0, 0.05) is 14.3 Å². The lowest BCUT2D eigenvalue weighted by molar-refractivity contribution is 0.449. The van der Waals surface area contributed by atoms with Gasteiger partial charge in [-0.2, -0.15) is 22.7 Å². The molecule has 4 heteroatoms. The molecule has 0 saturated carbocycles. The molecule has 0 amide bonds. The summed E-state index contributed by atoms with van der Waals surface area (Å²) < 4.78 is 2.35. The van der Waals surface area contributed by atoms with Gasteiger partial charge in [0.15, 0.2) is 0 Å². The van der Waals surface area contributed by atoms with Crippen molar-refractivity contribution < 1.29 is 0 Å². The van der Waals surface area contributed by atoms with Crippen LogP contribution in [0.25, 0.3) is 11.1 Å². The molecule has 0 spiro atoms. The molecule has 218 valence electrons. The van der Waals surface area contributed by atoms with Crippen LogP contribution in [0.1, 0.15) is 90.2 Å². The van der Waals surface area contributed by atoms with E-state index < -0.39 is 0 Å². The zero-order valence-electron chi connectivity index (χ0n) is 24.9. The fourth-order valence-electron chi connectivity index (χ4n) is 4.68. The normalized spacial score (nSPS) is 12.1. The third-order valence-electron chi connectivity index (χ3n) is 7.34. The van der Waals surface area contributed by atoms with Crippen LogP contribution in [0, 0.1) is 11.8 Å².